The summed E-state index contributed by atoms with van der Waals surface area (Å²) in [4.78, 5) is 52.7. The van der Waals surface area contributed by atoms with E-state index in [9.17, 15) is 19.2 Å². The molecule has 1 rings (SSSR count). The second kappa shape index (κ2) is 14.3. The lowest BCUT2D eigenvalue weighted by Gasteiger charge is -2.35. The van der Waals surface area contributed by atoms with Crippen LogP contribution in [0.4, 0.5) is 4.79 Å². The van der Waals surface area contributed by atoms with E-state index >= 15 is 0 Å². The normalized spacial score (nSPS) is 12.9. The largest absolute Gasteiger partial charge is 0.466 e. The van der Waals surface area contributed by atoms with Gasteiger partial charge in [-0.05, 0) is 45.6 Å². The summed E-state index contributed by atoms with van der Waals surface area (Å²) < 4.78 is 10.3. The number of amides is 3. The molecule has 0 heterocycles. The molecule has 1 aromatic carbocycles. The Kier molecular flexibility index (Phi) is 12.3. The highest BCUT2D eigenvalue weighted by atomic mass is 16.6. The standard InChI is InChI=1S/C26H41N3O6/c1-8-17-29(24(32)21(18(3)4)28-25(33)35-26(5,6)7)22(19-13-11-10-12-14-19)23(31)27-16-15-20(30)34-9-2/h10-14,18,21-22H,8-9,15-17H2,1-7H3,(H,27,31)(H,28,33). The van der Waals surface area contributed by atoms with E-state index in [0.717, 1.165) is 0 Å². The number of carbonyl (C=O) groups excluding carboxylic acids is 4. The van der Waals surface area contributed by atoms with E-state index in [-0.39, 0.29) is 31.4 Å². The van der Waals surface area contributed by atoms with Gasteiger partial charge in [0.1, 0.15) is 17.7 Å². The van der Waals surface area contributed by atoms with Crippen molar-refractivity contribution in [1.29, 1.82) is 0 Å². The van der Waals surface area contributed by atoms with Gasteiger partial charge < -0.3 is 25.0 Å². The molecule has 196 valence electrons. The molecule has 0 aromatic heterocycles. The Morgan fingerprint density at radius 2 is 1.66 bits per heavy atom. The molecule has 9 nitrogen and oxygen atoms in total. The molecule has 0 bridgehead atoms. The Hall–Kier alpha value is -3.10. The minimum absolute atomic E-state index is 0.0254. The van der Waals surface area contributed by atoms with Crippen LogP contribution in [0.5, 0.6) is 0 Å². The van der Waals surface area contributed by atoms with E-state index in [1.165, 1.54) is 4.90 Å². The minimum atomic E-state index is -0.937. The first-order chi connectivity index (χ1) is 16.4. The van der Waals surface area contributed by atoms with E-state index in [0.29, 0.717) is 18.5 Å². The van der Waals surface area contributed by atoms with Gasteiger partial charge in [0.15, 0.2) is 0 Å². The number of nitrogens with zero attached hydrogens (tertiary/aromatic N) is 1. The molecule has 9 heteroatoms. The van der Waals surface area contributed by atoms with Crippen molar-refractivity contribution in [1.82, 2.24) is 15.5 Å². The van der Waals surface area contributed by atoms with E-state index in [1.807, 2.05) is 26.8 Å². The van der Waals surface area contributed by atoms with E-state index < -0.39 is 35.7 Å². The molecular formula is C26H41N3O6. The molecule has 2 atom stereocenters. The summed E-state index contributed by atoms with van der Waals surface area (Å²) in [5.74, 6) is -1.46. The molecule has 0 radical (unpaired) electrons. The van der Waals surface area contributed by atoms with Gasteiger partial charge in [0.05, 0.1) is 13.0 Å². The molecule has 0 fully saturated rings. The zero-order valence-electron chi connectivity index (χ0n) is 22.1. The van der Waals surface area contributed by atoms with Gasteiger partial charge in [-0.3, -0.25) is 14.4 Å². The van der Waals surface area contributed by atoms with Gasteiger partial charge in [0.25, 0.3) is 0 Å². The maximum Gasteiger partial charge on any atom is 0.408 e. The van der Waals surface area contributed by atoms with Crippen LogP contribution < -0.4 is 10.6 Å². The first-order valence-corrected chi connectivity index (χ1v) is 12.2. The van der Waals surface area contributed by atoms with Gasteiger partial charge in [-0.2, -0.15) is 0 Å². The van der Waals surface area contributed by atoms with Gasteiger partial charge in [0.2, 0.25) is 11.8 Å². The van der Waals surface area contributed by atoms with Crippen molar-refractivity contribution in [2.45, 2.75) is 79.0 Å². The third kappa shape index (κ3) is 10.4. The zero-order chi connectivity index (χ0) is 26.6. The topological polar surface area (TPSA) is 114 Å². The van der Waals surface area contributed by atoms with Gasteiger partial charge in [-0.15, -0.1) is 0 Å². The van der Waals surface area contributed by atoms with Gasteiger partial charge in [-0.1, -0.05) is 51.1 Å². The van der Waals surface area contributed by atoms with Crippen LogP contribution in [0.3, 0.4) is 0 Å². The van der Waals surface area contributed by atoms with E-state index in [1.54, 1.807) is 52.0 Å². The Balaban J connectivity index is 3.23. The highest BCUT2D eigenvalue weighted by Crippen LogP contribution is 2.24. The Labute approximate surface area is 208 Å². The highest BCUT2D eigenvalue weighted by molar-refractivity contribution is 5.92. The highest BCUT2D eigenvalue weighted by Gasteiger charge is 2.37. The predicted molar refractivity (Wildman–Crippen MR) is 133 cm³/mol. The maximum atomic E-state index is 13.8. The smallest absolute Gasteiger partial charge is 0.408 e. The number of rotatable bonds is 12. The molecule has 0 spiro atoms. The summed E-state index contributed by atoms with van der Waals surface area (Å²) in [7, 11) is 0. The van der Waals surface area contributed by atoms with Gasteiger partial charge in [-0.25, -0.2) is 4.79 Å². The van der Waals surface area contributed by atoms with Crippen LogP contribution in [0.25, 0.3) is 0 Å². The first kappa shape index (κ1) is 29.9. The molecule has 3 amide bonds. The van der Waals surface area contributed by atoms with Crippen molar-refractivity contribution in [2.75, 3.05) is 19.7 Å². The van der Waals surface area contributed by atoms with Crippen molar-refractivity contribution >= 4 is 23.9 Å². The van der Waals surface area contributed by atoms with Gasteiger partial charge >= 0.3 is 12.1 Å². The van der Waals surface area contributed by atoms with Crippen molar-refractivity contribution in [3.05, 3.63) is 35.9 Å². The number of alkyl carbamates (subject to hydrolysis) is 1. The van der Waals surface area contributed by atoms with Crippen molar-refractivity contribution < 1.29 is 28.7 Å². The van der Waals surface area contributed by atoms with Crippen LogP contribution in [0.15, 0.2) is 30.3 Å². The molecule has 2 unspecified atom stereocenters. The lowest BCUT2D eigenvalue weighted by atomic mass is 9.98. The Morgan fingerprint density at radius 1 is 1.03 bits per heavy atom. The second-order valence-electron chi connectivity index (χ2n) is 9.56. The van der Waals surface area contributed by atoms with Crippen LogP contribution >= 0.6 is 0 Å². The Morgan fingerprint density at radius 3 is 2.17 bits per heavy atom. The molecule has 0 aliphatic rings. The fraction of sp³-hybridized carbons (Fsp3) is 0.615. The number of ether oxygens (including phenoxy) is 2. The number of nitrogens with one attached hydrogen (secondary N) is 2. The summed E-state index contributed by atoms with van der Waals surface area (Å²) in [5.41, 5.74) is -0.0916. The molecule has 1 aromatic rings. The van der Waals surface area contributed by atoms with Crippen molar-refractivity contribution in [3.8, 4) is 0 Å². The lowest BCUT2D eigenvalue weighted by Crippen LogP contribution is -2.55. The lowest BCUT2D eigenvalue weighted by molar-refractivity contribution is -0.144. The second-order valence-corrected chi connectivity index (χ2v) is 9.56. The summed E-state index contributed by atoms with van der Waals surface area (Å²) >= 11 is 0. The third-order valence-corrected chi connectivity index (χ3v) is 4.96. The summed E-state index contributed by atoms with van der Waals surface area (Å²) in [6.45, 7) is 13.1. The molecule has 0 saturated heterocycles. The molecule has 35 heavy (non-hydrogen) atoms. The predicted octanol–water partition coefficient (Wildman–Crippen LogP) is 3.59. The maximum absolute atomic E-state index is 13.8. The number of carbonyl (C=O) groups is 4. The van der Waals surface area contributed by atoms with Crippen LogP contribution in [0.1, 0.15) is 72.9 Å². The van der Waals surface area contributed by atoms with Crippen LogP contribution in [0.2, 0.25) is 0 Å². The Bertz CT molecular complexity index is 835. The zero-order valence-corrected chi connectivity index (χ0v) is 22.1. The molecule has 0 aliphatic carbocycles. The van der Waals surface area contributed by atoms with Crippen molar-refractivity contribution in [3.63, 3.8) is 0 Å². The number of hydrogen-bond donors (Lipinski definition) is 2. The molecule has 0 saturated carbocycles. The summed E-state index contributed by atoms with van der Waals surface area (Å²) in [6.07, 6.45) is -0.0729. The van der Waals surface area contributed by atoms with Crippen molar-refractivity contribution in [2.24, 2.45) is 5.92 Å². The first-order valence-electron chi connectivity index (χ1n) is 12.2. The summed E-state index contributed by atoms with van der Waals surface area (Å²) in [6, 6.07) is 7.13. The monoisotopic (exact) mass is 491 g/mol. The third-order valence-electron chi connectivity index (χ3n) is 4.96. The van der Waals surface area contributed by atoms with Crippen LogP contribution in [-0.2, 0) is 23.9 Å². The molecular weight excluding hydrogens is 450 g/mol. The average Bonchev–Trinajstić information content (AvgIpc) is 2.76. The number of esters is 1. The number of benzene rings is 1. The van der Waals surface area contributed by atoms with E-state index in [2.05, 4.69) is 10.6 Å². The summed E-state index contributed by atoms with van der Waals surface area (Å²) in [5, 5.41) is 5.44. The quantitative estimate of drug-likeness (QED) is 0.432. The van der Waals surface area contributed by atoms with Gasteiger partial charge in [0, 0.05) is 13.1 Å². The van der Waals surface area contributed by atoms with Crippen LogP contribution in [-0.4, -0.2) is 60.1 Å². The average molecular weight is 492 g/mol. The van der Waals surface area contributed by atoms with E-state index in [4.69, 9.17) is 9.47 Å². The molecule has 0 aliphatic heterocycles. The minimum Gasteiger partial charge on any atom is -0.466 e. The van der Waals surface area contributed by atoms with Crippen LogP contribution in [0, 0.1) is 5.92 Å². The number of hydrogen-bond acceptors (Lipinski definition) is 6. The fourth-order valence-electron chi connectivity index (χ4n) is 3.46. The molecule has 2 N–H and O–H groups in total. The fourth-order valence-corrected chi connectivity index (χ4v) is 3.46. The SMILES string of the molecule is CCCN(C(=O)C(NC(=O)OC(C)(C)C)C(C)C)C(C(=O)NCCC(=O)OCC)c1ccccc1.